The Kier molecular flexibility index (Phi) is 7.36. The number of rotatable bonds is 7. The zero-order valence-corrected chi connectivity index (χ0v) is 10.9. The zero-order chi connectivity index (χ0) is 13.3. The Morgan fingerprint density at radius 2 is 1.82 bits per heavy atom. The van der Waals surface area contributed by atoms with Gasteiger partial charge in [0.05, 0.1) is 5.70 Å². The highest BCUT2D eigenvalue weighted by Crippen LogP contribution is 2.24. The van der Waals surface area contributed by atoms with Crippen molar-refractivity contribution in [1.29, 1.82) is 0 Å². The van der Waals surface area contributed by atoms with Gasteiger partial charge in [0.1, 0.15) is 0 Å². The van der Waals surface area contributed by atoms with Crippen LogP contribution in [-0.2, 0) is 0 Å². The molecule has 17 heavy (non-hydrogen) atoms. The van der Waals surface area contributed by atoms with Crippen LogP contribution in [0.15, 0.2) is 78.0 Å². The summed E-state index contributed by atoms with van der Waals surface area (Å²) in [4.78, 5) is 4.38. The predicted molar refractivity (Wildman–Crippen MR) is 79.3 cm³/mol. The van der Waals surface area contributed by atoms with Gasteiger partial charge in [-0.3, -0.25) is 4.99 Å². The largest absolute Gasteiger partial charge is 0.256 e. The van der Waals surface area contributed by atoms with E-state index in [1.54, 1.807) is 24.4 Å². The molecule has 0 rings (SSSR count). The van der Waals surface area contributed by atoms with E-state index in [0.29, 0.717) is 0 Å². The summed E-state index contributed by atoms with van der Waals surface area (Å²) >= 11 is 0. The first-order valence-electron chi connectivity index (χ1n) is 5.61. The highest BCUT2D eigenvalue weighted by molar-refractivity contribution is 5.72. The lowest BCUT2D eigenvalue weighted by molar-refractivity contribution is 1.06. The predicted octanol–water partition coefficient (Wildman–Crippen LogP) is 4.78. The first kappa shape index (κ1) is 15.1. The van der Waals surface area contributed by atoms with Gasteiger partial charge in [-0.15, -0.1) is 0 Å². The van der Waals surface area contributed by atoms with Crippen LogP contribution in [-0.4, -0.2) is 6.21 Å². The first-order chi connectivity index (χ1) is 8.12. The van der Waals surface area contributed by atoms with Gasteiger partial charge in [-0.05, 0) is 30.1 Å². The molecule has 0 saturated heterocycles. The zero-order valence-electron chi connectivity index (χ0n) is 10.9. The molecule has 0 unspecified atom stereocenters. The minimum Gasteiger partial charge on any atom is -0.256 e. The van der Waals surface area contributed by atoms with E-state index in [1.807, 2.05) is 13.0 Å². The molecule has 0 radical (unpaired) electrons. The van der Waals surface area contributed by atoms with E-state index >= 15 is 0 Å². The average molecular weight is 227 g/mol. The molecule has 0 N–H and O–H groups in total. The maximum Gasteiger partial charge on any atom is 0.0730 e. The van der Waals surface area contributed by atoms with Crippen LogP contribution in [0, 0.1) is 0 Å². The molecule has 0 aliphatic rings. The third-order valence-corrected chi connectivity index (χ3v) is 2.34. The fourth-order valence-electron chi connectivity index (χ4n) is 1.49. The van der Waals surface area contributed by atoms with Gasteiger partial charge < -0.3 is 0 Å². The van der Waals surface area contributed by atoms with Gasteiger partial charge in [-0.2, -0.15) is 0 Å². The molecule has 90 valence electrons. The smallest absolute Gasteiger partial charge is 0.0730 e. The van der Waals surface area contributed by atoms with E-state index < -0.39 is 0 Å². The molecule has 0 fully saturated rings. The highest BCUT2D eigenvalue weighted by Gasteiger charge is 2.07. The van der Waals surface area contributed by atoms with Crippen molar-refractivity contribution in [3.05, 3.63) is 73.0 Å². The van der Waals surface area contributed by atoms with Crippen molar-refractivity contribution in [1.82, 2.24) is 0 Å². The molecular formula is C16H21N. The van der Waals surface area contributed by atoms with Crippen LogP contribution in [0.4, 0.5) is 0 Å². The molecule has 0 bridgehead atoms. The lowest BCUT2D eigenvalue weighted by Crippen LogP contribution is -1.93. The third-order valence-electron chi connectivity index (χ3n) is 2.34. The van der Waals surface area contributed by atoms with E-state index in [1.165, 1.54) is 0 Å². The van der Waals surface area contributed by atoms with Crippen LogP contribution in [0.1, 0.15) is 20.3 Å². The van der Waals surface area contributed by atoms with E-state index in [2.05, 4.69) is 38.2 Å². The molecule has 0 saturated carbocycles. The molecule has 0 atom stereocenters. The van der Waals surface area contributed by atoms with Gasteiger partial charge >= 0.3 is 0 Å². The Morgan fingerprint density at radius 3 is 2.24 bits per heavy atom. The molecule has 0 amide bonds. The molecule has 0 heterocycles. The Bertz CT molecular complexity index is 403. The monoisotopic (exact) mass is 227 g/mol. The number of hydrogen-bond donors (Lipinski definition) is 0. The number of aliphatic imine (C=N–C) groups is 1. The minimum absolute atomic E-state index is 0.816. The summed E-state index contributed by atoms with van der Waals surface area (Å²) in [5.74, 6) is 0. The maximum absolute atomic E-state index is 4.38. The van der Waals surface area contributed by atoms with Gasteiger partial charge in [0, 0.05) is 6.21 Å². The Labute approximate surface area is 105 Å². The van der Waals surface area contributed by atoms with Gasteiger partial charge in [0.15, 0.2) is 0 Å². The van der Waals surface area contributed by atoms with E-state index in [9.17, 15) is 0 Å². The molecule has 1 nitrogen and oxygen atoms in total. The van der Waals surface area contributed by atoms with Gasteiger partial charge in [0.2, 0.25) is 0 Å². The van der Waals surface area contributed by atoms with Crippen LogP contribution in [0.5, 0.6) is 0 Å². The van der Waals surface area contributed by atoms with Crippen LogP contribution >= 0.6 is 0 Å². The normalized spacial score (nSPS) is 13.2. The van der Waals surface area contributed by atoms with Gasteiger partial charge in [-0.25, -0.2) is 0 Å². The summed E-state index contributed by atoms with van der Waals surface area (Å²) in [6.07, 6.45) is 9.66. The van der Waals surface area contributed by atoms with Crippen molar-refractivity contribution in [2.24, 2.45) is 4.99 Å². The van der Waals surface area contributed by atoms with Crippen molar-refractivity contribution in [3.8, 4) is 0 Å². The molecule has 0 aliphatic heterocycles. The molecule has 0 aliphatic carbocycles. The topological polar surface area (TPSA) is 12.4 Å². The highest BCUT2D eigenvalue weighted by atomic mass is 14.7. The quantitative estimate of drug-likeness (QED) is 0.438. The van der Waals surface area contributed by atoms with Crippen LogP contribution in [0.25, 0.3) is 0 Å². The van der Waals surface area contributed by atoms with Crippen molar-refractivity contribution >= 4 is 6.21 Å². The van der Waals surface area contributed by atoms with Crippen LogP contribution < -0.4 is 0 Å². The Morgan fingerprint density at radius 1 is 1.18 bits per heavy atom. The molecule has 1 heteroatoms. The SMILES string of the molecule is C=CC=N/C(C(=C)C=C)=C(CC)/C(C)=C\C=C. The summed E-state index contributed by atoms with van der Waals surface area (Å²) in [6, 6.07) is 0. The first-order valence-corrected chi connectivity index (χ1v) is 5.61. The lowest BCUT2D eigenvalue weighted by atomic mass is 9.99. The van der Waals surface area contributed by atoms with E-state index in [-0.39, 0.29) is 0 Å². The summed E-state index contributed by atoms with van der Waals surface area (Å²) < 4.78 is 0. The van der Waals surface area contributed by atoms with E-state index in [0.717, 1.165) is 28.8 Å². The average Bonchev–Trinajstić information content (AvgIpc) is 2.33. The molecule has 0 aromatic heterocycles. The Hall–Kier alpha value is -1.89. The van der Waals surface area contributed by atoms with Gasteiger partial charge in [-0.1, -0.05) is 57.5 Å². The summed E-state index contributed by atoms with van der Waals surface area (Å²) in [7, 11) is 0. The number of nitrogens with zero attached hydrogens (tertiary/aromatic N) is 1. The minimum atomic E-state index is 0.816. The summed E-state index contributed by atoms with van der Waals surface area (Å²) in [6.45, 7) is 19.2. The van der Waals surface area contributed by atoms with Crippen molar-refractivity contribution in [3.63, 3.8) is 0 Å². The fourth-order valence-corrected chi connectivity index (χ4v) is 1.49. The van der Waals surface area contributed by atoms with Crippen molar-refractivity contribution < 1.29 is 0 Å². The number of allylic oxidation sites excluding steroid dienone is 6. The fraction of sp³-hybridized carbons (Fsp3) is 0.188. The van der Waals surface area contributed by atoms with Crippen LogP contribution in [0.3, 0.4) is 0 Å². The molecule has 0 aromatic rings. The maximum atomic E-state index is 4.38. The summed E-state index contributed by atoms with van der Waals surface area (Å²) in [5.41, 5.74) is 3.96. The molecular weight excluding hydrogens is 206 g/mol. The lowest BCUT2D eigenvalue weighted by Gasteiger charge is -2.11. The van der Waals surface area contributed by atoms with Crippen LogP contribution in [0.2, 0.25) is 0 Å². The second kappa shape index (κ2) is 8.28. The van der Waals surface area contributed by atoms with Gasteiger partial charge in [0.25, 0.3) is 0 Å². The van der Waals surface area contributed by atoms with E-state index in [4.69, 9.17) is 0 Å². The standard InChI is InChI=1S/C16H21N/c1-7-11-14(6)15(10-4)16(13(5)9-3)17-12-8-2/h7-9,11-12H,1-3,5,10H2,4,6H3/b14-11-,16-15+,17-12?. The Balaban J connectivity index is 5.74. The van der Waals surface area contributed by atoms with Crippen molar-refractivity contribution in [2.75, 3.05) is 0 Å². The number of hydrogen-bond acceptors (Lipinski definition) is 1. The van der Waals surface area contributed by atoms with Crippen molar-refractivity contribution in [2.45, 2.75) is 20.3 Å². The molecule has 0 spiro atoms. The molecule has 0 aromatic carbocycles. The third kappa shape index (κ3) is 4.64. The summed E-state index contributed by atoms with van der Waals surface area (Å²) in [5, 5.41) is 0. The second-order valence-corrected chi connectivity index (χ2v) is 3.51. The second-order valence-electron chi connectivity index (χ2n) is 3.51.